The molecule has 0 spiro atoms. The average molecular weight is 339 g/mol. The van der Waals surface area contributed by atoms with Crippen LogP contribution in [0.4, 0.5) is 0 Å². The van der Waals surface area contributed by atoms with E-state index in [1.807, 2.05) is 26.2 Å². The Labute approximate surface area is 151 Å². The van der Waals surface area contributed by atoms with Gasteiger partial charge in [0.15, 0.2) is 0 Å². The smallest absolute Gasteiger partial charge is 0.213 e. The van der Waals surface area contributed by atoms with Gasteiger partial charge in [-0.15, -0.1) is 0 Å². The standard InChI is InChI=1S/C21H17N5/c1-20(23-24-20)18-7-3-14(4-8-18)16-11-17(13-22-12-16)15-5-9-19(10-6-15)21(2)25-26-21/h3-13H,1-2H3. The van der Waals surface area contributed by atoms with Gasteiger partial charge in [-0.3, -0.25) is 4.98 Å². The van der Waals surface area contributed by atoms with E-state index >= 15 is 0 Å². The molecule has 1 aromatic heterocycles. The maximum atomic E-state index is 4.43. The van der Waals surface area contributed by atoms with Crippen LogP contribution in [0.2, 0.25) is 0 Å². The number of nitrogens with zero attached hydrogens (tertiary/aromatic N) is 5. The summed E-state index contributed by atoms with van der Waals surface area (Å²) in [6, 6.07) is 18.9. The highest BCUT2D eigenvalue weighted by molar-refractivity contribution is 5.72. The molecule has 5 heteroatoms. The SMILES string of the molecule is CC1(c2ccc(-c3cncc(-c4ccc(C5(C)N=N5)cc4)c3)cc2)N=N1. The van der Waals surface area contributed by atoms with Crippen LogP contribution in [-0.4, -0.2) is 4.98 Å². The fourth-order valence-electron chi connectivity index (χ4n) is 3.09. The Hall–Kier alpha value is -3.21. The first-order valence-corrected chi connectivity index (χ1v) is 8.61. The molecule has 3 aromatic rings. The van der Waals surface area contributed by atoms with Gasteiger partial charge in [-0.2, -0.15) is 20.5 Å². The van der Waals surface area contributed by atoms with Crippen molar-refractivity contribution in [1.29, 1.82) is 0 Å². The quantitative estimate of drug-likeness (QED) is 0.602. The monoisotopic (exact) mass is 339 g/mol. The minimum atomic E-state index is -0.336. The van der Waals surface area contributed by atoms with Crippen LogP contribution >= 0.6 is 0 Å². The van der Waals surface area contributed by atoms with Gasteiger partial charge < -0.3 is 0 Å². The molecule has 2 aliphatic heterocycles. The van der Waals surface area contributed by atoms with Gasteiger partial charge >= 0.3 is 0 Å². The molecule has 0 fully saturated rings. The largest absolute Gasteiger partial charge is 0.263 e. The van der Waals surface area contributed by atoms with Gasteiger partial charge in [0.05, 0.1) is 0 Å². The highest BCUT2D eigenvalue weighted by Gasteiger charge is 2.36. The van der Waals surface area contributed by atoms with Crippen molar-refractivity contribution in [3.8, 4) is 22.3 Å². The van der Waals surface area contributed by atoms with E-state index in [0.717, 1.165) is 33.4 Å². The summed E-state index contributed by atoms with van der Waals surface area (Å²) in [5.74, 6) is 0. The predicted octanol–water partition coefficient (Wildman–Crippen LogP) is 5.69. The van der Waals surface area contributed by atoms with Crippen LogP contribution in [0.25, 0.3) is 22.3 Å². The van der Waals surface area contributed by atoms with Crippen molar-refractivity contribution in [3.05, 3.63) is 78.1 Å². The van der Waals surface area contributed by atoms with Crippen molar-refractivity contribution in [1.82, 2.24) is 4.98 Å². The lowest BCUT2D eigenvalue weighted by Crippen LogP contribution is -2.01. The number of hydrogen-bond acceptors (Lipinski definition) is 5. The zero-order chi connectivity index (χ0) is 17.8. The van der Waals surface area contributed by atoms with Crippen LogP contribution in [0.3, 0.4) is 0 Å². The highest BCUT2D eigenvalue weighted by atomic mass is 15.4. The van der Waals surface area contributed by atoms with Gasteiger partial charge in [0.1, 0.15) is 0 Å². The molecule has 2 aromatic carbocycles. The van der Waals surface area contributed by atoms with Gasteiger partial charge in [-0.1, -0.05) is 48.5 Å². The van der Waals surface area contributed by atoms with E-state index in [1.165, 1.54) is 0 Å². The molecule has 0 unspecified atom stereocenters. The first kappa shape index (κ1) is 15.1. The third-order valence-corrected chi connectivity index (χ3v) is 5.07. The Morgan fingerprint density at radius 3 is 1.27 bits per heavy atom. The zero-order valence-corrected chi connectivity index (χ0v) is 14.6. The lowest BCUT2D eigenvalue weighted by atomic mass is 9.97. The van der Waals surface area contributed by atoms with Crippen molar-refractivity contribution in [3.63, 3.8) is 0 Å². The normalized spacial score (nSPS) is 17.9. The molecular weight excluding hydrogens is 322 g/mol. The third kappa shape index (κ3) is 2.52. The van der Waals surface area contributed by atoms with Gasteiger partial charge in [-0.25, -0.2) is 0 Å². The predicted molar refractivity (Wildman–Crippen MR) is 99.5 cm³/mol. The average Bonchev–Trinajstić information content (AvgIpc) is 3.62. The second-order valence-electron chi connectivity index (χ2n) is 7.06. The van der Waals surface area contributed by atoms with E-state index in [0.29, 0.717) is 0 Å². The molecule has 126 valence electrons. The van der Waals surface area contributed by atoms with Crippen molar-refractivity contribution < 1.29 is 0 Å². The molecule has 2 aliphatic rings. The minimum absolute atomic E-state index is 0.336. The Kier molecular flexibility index (Phi) is 2.98. The molecule has 0 N–H and O–H groups in total. The van der Waals surface area contributed by atoms with Gasteiger partial charge in [-0.05, 0) is 31.0 Å². The molecule has 0 aliphatic carbocycles. The Morgan fingerprint density at radius 2 is 0.923 bits per heavy atom. The first-order chi connectivity index (χ1) is 12.6. The molecule has 0 amide bonds. The van der Waals surface area contributed by atoms with E-state index in [1.54, 1.807) is 0 Å². The number of aromatic nitrogens is 1. The second-order valence-corrected chi connectivity index (χ2v) is 7.06. The molecule has 5 nitrogen and oxygen atoms in total. The topological polar surface area (TPSA) is 62.3 Å². The maximum absolute atomic E-state index is 4.43. The maximum Gasteiger partial charge on any atom is 0.213 e. The molecule has 0 saturated heterocycles. The first-order valence-electron chi connectivity index (χ1n) is 8.61. The molecule has 0 saturated carbocycles. The van der Waals surface area contributed by atoms with Gasteiger partial charge in [0.2, 0.25) is 11.3 Å². The van der Waals surface area contributed by atoms with Crippen LogP contribution in [-0.2, 0) is 11.3 Å². The van der Waals surface area contributed by atoms with E-state index in [9.17, 15) is 0 Å². The molecule has 0 radical (unpaired) electrons. The summed E-state index contributed by atoms with van der Waals surface area (Å²) in [5.41, 5.74) is 6.00. The van der Waals surface area contributed by atoms with Crippen molar-refractivity contribution in [2.24, 2.45) is 20.5 Å². The Bertz CT molecular complexity index is 954. The van der Waals surface area contributed by atoms with Crippen LogP contribution in [0, 0.1) is 0 Å². The summed E-state index contributed by atoms with van der Waals surface area (Å²) in [6.45, 7) is 4.02. The zero-order valence-electron chi connectivity index (χ0n) is 14.6. The van der Waals surface area contributed by atoms with Gasteiger partial charge in [0, 0.05) is 34.6 Å². The summed E-state index contributed by atoms with van der Waals surface area (Å²) in [5, 5.41) is 16.4. The van der Waals surface area contributed by atoms with E-state index in [4.69, 9.17) is 0 Å². The number of rotatable bonds is 4. The van der Waals surface area contributed by atoms with E-state index in [-0.39, 0.29) is 11.3 Å². The third-order valence-electron chi connectivity index (χ3n) is 5.07. The molecule has 5 rings (SSSR count). The Morgan fingerprint density at radius 1 is 0.538 bits per heavy atom. The van der Waals surface area contributed by atoms with Gasteiger partial charge in [0.25, 0.3) is 0 Å². The summed E-state index contributed by atoms with van der Waals surface area (Å²) in [7, 11) is 0. The molecule has 26 heavy (non-hydrogen) atoms. The lowest BCUT2D eigenvalue weighted by Gasteiger charge is -2.09. The second kappa shape index (κ2) is 5.14. The van der Waals surface area contributed by atoms with Crippen LogP contribution in [0.15, 0.2) is 87.4 Å². The molecular formula is C21H17N5. The van der Waals surface area contributed by atoms with Crippen LogP contribution in [0.1, 0.15) is 25.0 Å². The van der Waals surface area contributed by atoms with E-state index < -0.39 is 0 Å². The summed E-state index contributed by atoms with van der Waals surface area (Å²) in [6.07, 6.45) is 3.78. The number of hydrogen-bond donors (Lipinski definition) is 0. The Balaban J connectivity index is 1.43. The lowest BCUT2D eigenvalue weighted by molar-refractivity contribution is 0.729. The summed E-state index contributed by atoms with van der Waals surface area (Å²) >= 11 is 0. The fourth-order valence-corrected chi connectivity index (χ4v) is 3.09. The van der Waals surface area contributed by atoms with E-state index in [2.05, 4.69) is 80.0 Å². The van der Waals surface area contributed by atoms with Crippen LogP contribution in [0.5, 0.6) is 0 Å². The highest BCUT2D eigenvalue weighted by Crippen LogP contribution is 2.40. The van der Waals surface area contributed by atoms with Crippen molar-refractivity contribution in [2.75, 3.05) is 0 Å². The summed E-state index contributed by atoms with van der Waals surface area (Å²) < 4.78 is 0. The van der Waals surface area contributed by atoms with Crippen molar-refractivity contribution >= 4 is 0 Å². The fraction of sp³-hybridized carbons (Fsp3) is 0.190. The van der Waals surface area contributed by atoms with Crippen molar-refractivity contribution in [2.45, 2.75) is 25.2 Å². The molecule has 0 bridgehead atoms. The minimum Gasteiger partial charge on any atom is -0.263 e. The molecule has 0 atom stereocenters. The number of pyridine rings is 1. The number of benzene rings is 2. The summed E-state index contributed by atoms with van der Waals surface area (Å²) in [4.78, 5) is 4.43. The van der Waals surface area contributed by atoms with Crippen LogP contribution < -0.4 is 0 Å². The molecule has 3 heterocycles.